The molecule has 0 aliphatic carbocycles. The van der Waals surface area contributed by atoms with Gasteiger partial charge in [-0.3, -0.25) is 4.90 Å². The van der Waals surface area contributed by atoms with Crippen molar-refractivity contribution in [2.45, 2.75) is 31.7 Å². The summed E-state index contributed by atoms with van der Waals surface area (Å²) >= 11 is 4.92. The van der Waals surface area contributed by atoms with Gasteiger partial charge >= 0.3 is 12.0 Å². The highest BCUT2D eigenvalue weighted by atomic mass is 79.9. The predicted molar refractivity (Wildman–Crippen MR) is 87.7 cm³/mol. The number of nitrogens with one attached hydrogen (secondary N) is 1. The number of halogens is 1. The van der Waals surface area contributed by atoms with Crippen LogP contribution in [0.25, 0.3) is 0 Å². The van der Waals surface area contributed by atoms with E-state index in [1.807, 2.05) is 26.0 Å². The molecule has 2 unspecified atom stereocenters. The number of carbonyl (C=O) groups is 2. The van der Waals surface area contributed by atoms with Crippen molar-refractivity contribution in [1.29, 1.82) is 0 Å². The van der Waals surface area contributed by atoms with E-state index in [0.29, 0.717) is 11.4 Å². The average molecular weight is 373 g/mol. The summed E-state index contributed by atoms with van der Waals surface area (Å²) in [6.45, 7) is 3.88. The largest absolute Gasteiger partial charge is 0.480 e. The molecule has 0 radical (unpaired) electrons. The molecule has 2 rings (SSSR count). The van der Waals surface area contributed by atoms with Gasteiger partial charge in [-0.05, 0) is 37.1 Å². The molecule has 0 bridgehead atoms. The van der Waals surface area contributed by atoms with Gasteiger partial charge in [-0.2, -0.15) is 0 Å². The molecule has 5 nitrogen and oxygen atoms in total. The second-order valence-electron chi connectivity index (χ2n) is 4.85. The van der Waals surface area contributed by atoms with Gasteiger partial charge in [0.2, 0.25) is 0 Å². The van der Waals surface area contributed by atoms with E-state index >= 15 is 0 Å². The van der Waals surface area contributed by atoms with Gasteiger partial charge < -0.3 is 10.4 Å². The number of anilines is 1. The zero-order chi connectivity index (χ0) is 15.6. The number of carboxylic acids is 1. The van der Waals surface area contributed by atoms with Gasteiger partial charge in [0.1, 0.15) is 6.04 Å². The molecule has 2 N–H and O–H groups in total. The number of carbonyl (C=O) groups excluding carboxylic acids is 1. The first-order valence-electron chi connectivity index (χ1n) is 6.64. The standard InChI is InChI=1S/C14H17BrN2O3S/c1-3-12-17(11(7-21-12)13(18)19)14(20)16-9-4-5-10(15)8(2)6-9/h4-6,11-12H,3,7H2,1-2H3,(H,16,20)(H,18,19). The lowest BCUT2D eigenvalue weighted by atomic mass is 10.2. The van der Waals surface area contributed by atoms with Crippen LogP contribution in [-0.2, 0) is 4.79 Å². The van der Waals surface area contributed by atoms with Crippen LogP contribution in [0.2, 0.25) is 0 Å². The lowest BCUT2D eigenvalue weighted by molar-refractivity contribution is -0.141. The van der Waals surface area contributed by atoms with E-state index in [4.69, 9.17) is 0 Å². The molecule has 1 aliphatic rings. The predicted octanol–water partition coefficient (Wildman–Crippen LogP) is 3.53. The topological polar surface area (TPSA) is 69.6 Å². The first-order chi connectivity index (χ1) is 9.93. The third kappa shape index (κ3) is 3.52. The normalized spacial score (nSPS) is 21.4. The molecule has 1 aromatic rings. The summed E-state index contributed by atoms with van der Waals surface area (Å²) < 4.78 is 0.965. The van der Waals surface area contributed by atoms with Gasteiger partial charge in [0.05, 0.1) is 5.37 Å². The van der Waals surface area contributed by atoms with Gasteiger partial charge in [0.15, 0.2) is 0 Å². The van der Waals surface area contributed by atoms with Crippen LogP contribution >= 0.6 is 27.7 Å². The number of aliphatic carboxylic acids is 1. The smallest absolute Gasteiger partial charge is 0.327 e. The van der Waals surface area contributed by atoms with E-state index < -0.39 is 12.0 Å². The van der Waals surface area contributed by atoms with Crippen molar-refractivity contribution in [3.05, 3.63) is 28.2 Å². The minimum atomic E-state index is -0.958. The Morgan fingerprint density at radius 2 is 2.24 bits per heavy atom. The van der Waals surface area contributed by atoms with Gasteiger partial charge in [-0.1, -0.05) is 22.9 Å². The molecular formula is C14H17BrN2O3S. The first-order valence-corrected chi connectivity index (χ1v) is 8.48. The maximum absolute atomic E-state index is 12.4. The number of benzene rings is 1. The molecular weight excluding hydrogens is 356 g/mol. The molecule has 7 heteroatoms. The highest BCUT2D eigenvalue weighted by Crippen LogP contribution is 2.32. The Kier molecular flexibility index (Phi) is 5.16. The van der Waals surface area contributed by atoms with Gasteiger partial charge in [0.25, 0.3) is 0 Å². The molecule has 21 heavy (non-hydrogen) atoms. The molecule has 1 aliphatic heterocycles. The third-order valence-electron chi connectivity index (χ3n) is 3.37. The summed E-state index contributed by atoms with van der Waals surface area (Å²) in [4.78, 5) is 25.1. The number of hydrogen-bond acceptors (Lipinski definition) is 3. The average Bonchev–Trinajstić information content (AvgIpc) is 2.87. The molecule has 114 valence electrons. The number of amides is 2. The molecule has 2 atom stereocenters. The van der Waals surface area contributed by atoms with Crippen LogP contribution in [-0.4, -0.2) is 39.2 Å². The Hall–Kier alpha value is -1.21. The Morgan fingerprint density at radius 1 is 1.52 bits per heavy atom. The van der Waals surface area contributed by atoms with E-state index in [-0.39, 0.29) is 11.4 Å². The van der Waals surface area contributed by atoms with Crippen LogP contribution in [0.1, 0.15) is 18.9 Å². The summed E-state index contributed by atoms with van der Waals surface area (Å²) in [7, 11) is 0. The number of carboxylic acid groups (broad SMARTS) is 1. The highest BCUT2D eigenvalue weighted by molar-refractivity contribution is 9.10. The molecule has 1 fully saturated rings. The summed E-state index contributed by atoms with van der Waals surface area (Å²) in [5.41, 5.74) is 1.67. The fourth-order valence-electron chi connectivity index (χ4n) is 2.25. The van der Waals surface area contributed by atoms with E-state index in [1.165, 1.54) is 16.7 Å². The molecule has 0 saturated carbocycles. The first kappa shape index (κ1) is 16.2. The van der Waals surface area contributed by atoms with Gasteiger partial charge in [-0.15, -0.1) is 11.8 Å². The molecule has 0 aromatic heterocycles. The maximum Gasteiger partial charge on any atom is 0.327 e. The van der Waals surface area contributed by atoms with Crippen LogP contribution < -0.4 is 5.32 Å². The van der Waals surface area contributed by atoms with E-state index in [0.717, 1.165) is 16.5 Å². The Morgan fingerprint density at radius 3 is 2.81 bits per heavy atom. The lowest BCUT2D eigenvalue weighted by Crippen LogP contribution is -2.47. The molecule has 0 spiro atoms. The number of aryl methyl sites for hydroxylation is 1. The minimum absolute atomic E-state index is 0.0948. The van der Waals surface area contributed by atoms with E-state index in [9.17, 15) is 14.7 Å². The zero-order valence-corrected chi connectivity index (χ0v) is 14.2. The lowest BCUT2D eigenvalue weighted by Gasteiger charge is -2.26. The number of rotatable bonds is 3. The molecule has 1 aromatic carbocycles. The van der Waals surface area contributed by atoms with Crippen molar-refractivity contribution in [3.8, 4) is 0 Å². The van der Waals surface area contributed by atoms with E-state index in [1.54, 1.807) is 6.07 Å². The monoisotopic (exact) mass is 372 g/mol. The minimum Gasteiger partial charge on any atom is -0.480 e. The Labute approximate surface area is 136 Å². The number of urea groups is 1. The maximum atomic E-state index is 12.4. The van der Waals surface area contributed by atoms with Crippen LogP contribution in [0.3, 0.4) is 0 Å². The fourth-order valence-corrected chi connectivity index (χ4v) is 3.84. The van der Waals surface area contributed by atoms with Crippen LogP contribution in [0, 0.1) is 6.92 Å². The van der Waals surface area contributed by atoms with E-state index in [2.05, 4.69) is 21.2 Å². The van der Waals surface area contributed by atoms with Crippen molar-refractivity contribution in [2.24, 2.45) is 0 Å². The Bertz CT molecular complexity index is 567. The SMILES string of the molecule is CCC1SCC(C(=O)O)N1C(=O)Nc1ccc(Br)c(C)c1. The van der Waals surface area contributed by atoms with Crippen molar-refractivity contribution in [2.75, 3.05) is 11.1 Å². The fraction of sp³-hybridized carbons (Fsp3) is 0.429. The second kappa shape index (κ2) is 6.70. The van der Waals surface area contributed by atoms with Crippen LogP contribution in [0.4, 0.5) is 10.5 Å². The molecule has 1 saturated heterocycles. The molecule has 1 heterocycles. The Balaban J connectivity index is 2.16. The highest BCUT2D eigenvalue weighted by Gasteiger charge is 2.40. The van der Waals surface area contributed by atoms with Crippen molar-refractivity contribution >= 4 is 45.4 Å². The molecule has 2 amide bonds. The van der Waals surface area contributed by atoms with Gasteiger partial charge in [0, 0.05) is 15.9 Å². The van der Waals surface area contributed by atoms with Crippen LogP contribution in [0.15, 0.2) is 22.7 Å². The number of nitrogens with zero attached hydrogens (tertiary/aromatic N) is 1. The summed E-state index contributed by atoms with van der Waals surface area (Å²) in [5, 5.41) is 11.9. The quantitative estimate of drug-likeness (QED) is 0.851. The summed E-state index contributed by atoms with van der Waals surface area (Å²) in [6.07, 6.45) is 0.723. The second-order valence-corrected chi connectivity index (χ2v) is 6.92. The number of hydrogen-bond donors (Lipinski definition) is 2. The van der Waals surface area contributed by atoms with Crippen molar-refractivity contribution in [3.63, 3.8) is 0 Å². The summed E-state index contributed by atoms with van der Waals surface area (Å²) in [5.74, 6) is -0.527. The third-order valence-corrected chi connectivity index (χ3v) is 5.71. The zero-order valence-electron chi connectivity index (χ0n) is 11.8. The summed E-state index contributed by atoms with van der Waals surface area (Å²) in [6, 6.07) is 4.37. The van der Waals surface area contributed by atoms with Crippen molar-refractivity contribution in [1.82, 2.24) is 4.90 Å². The van der Waals surface area contributed by atoms with Crippen LogP contribution in [0.5, 0.6) is 0 Å². The van der Waals surface area contributed by atoms with Gasteiger partial charge in [-0.25, -0.2) is 9.59 Å². The van der Waals surface area contributed by atoms with Crippen molar-refractivity contribution < 1.29 is 14.7 Å². The number of thioether (sulfide) groups is 1.